The van der Waals surface area contributed by atoms with Crippen LogP contribution in [0.3, 0.4) is 0 Å². The van der Waals surface area contributed by atoms with Gasteiger partial charge in [-0.2, -0.15) is 0 Å². The number of rotatable bonds is 4. The van der Waals surface area contributed by atoms with E-state index in [1.807, 2.05) is 0 Å². The zero-order valence-corrected chi connectivity index (χ0v) is 11.0. The van der Waals surface area contributed by atoms with Gasteiger partial charge in [-0.15, -0.1) is 0 Å². The Morgan fingerprint density at radius 2 is 2.26 bits per heavy atom. The topological polar surface area (TPSA) is 52.6 Å². The van der Waals surface area contributed by atoms with Crippen LogP contribution in [0.15, 0.2) is 18.2 Å². The van der Waals surface area contributed by atoms with Gasteiger partial charge in [-0.25, -0.2) is 4.39 Å². The van der Waals surface area contributed by atoms with Crippen LogP contribution >= 0.6 is 0 Å². The second-order valence-corrected chi connectivity index (χ2v) is 4.11. The highest BCUT2D eigenvalue weighted by Crippen LogP contribution is 2.12. The van der Waals surface area contributed by atoms with Gasteiger partial charge >= 0.3 is 0 Å². The van der Waals surface area contributed by atoms with E-state index in [-0.39, 0.29) is 24.9 Å². The molecule has 4 nitrogen and oxygen atoms in total. The van der Waals surface area contributed by atoms with Crippen molar-refractivity contribution in [3.05, 3.63) is 35.1 Å². The second kappa shape index (κ2) is 7.52. The van der Waals surface area contributed by atoms with Gasteiger partial charge in [-0.3, -0.25) is 9.69 Å². The van der Waals surface area contributed by atoms with Crippen molar-refractivity contribution in [2.24, 2.45) is 0 Å². The lowest BCUT2D eigenvalue weighted by Gasteiger charge is -2.16. The predicted octanol–water partition coefficient (Wildman–Crippen LogP) is 0.347. The molecule has 0 aromatic heterocycles. The summed E-state index contributed by atoms with van der Waals surface area (Å²) in [5, 5.41) is 11.2. The van der Waals surface area contributed by atoms with Crippen molar-refractivity contribution in [2.45, 2.75) is 6.54 Å². The Hall–Kier alpha value is -1.90. The molecule has 0 saturated heterocycles. The van der Waals surface area contributed by atoms with Gasteiger partial charge in [0, 0.05) is 19.2 Å². The summed E-state index contributed by atoms with van der Waals surface area (Å²) >= 11 is 0. The number of nitrogens with one attached hydrogen (secondary N) is 1. The summed E-state index contributed by atoms with van der Waals surface area (Å²) in [5.41, 5.74) is 1.34. The van der Waals surface area contributed by atoms with Gasteiger partial charge in [0.2, 0.25) is 5.91 Å². The molecule has 0 aliphatic heterocycles. The van der Waals surface area contributed by atoms with Crippen molar-refractivity contribution in [3.63, 3.8) is 0 Å². The minimum atomic E-state index is -0.375. The third kappa shape index (κ3) is 5.08. The van der Waals surface area contributed by atoms with Crippen molar-refractivity contribution < 1.29 is 14.3 Å². The van der Waals surface area contributed by atoms with E-state index in [9.17, 15) is 9.18 Å². The lowest BCUT2D eigenvalue weighted by Crippen LogP contribution is -2.32. The zero-order valence-electron chi connectivity index (χ0n) is 11.0. The van der Waals surface area contributed by atoms with E-state index in [1.54, 1.807) is 25.1 Å². The van der Waals surface area contributed by atoms with E-state index in [0.717, 1.165) is 5.56 Å². The Kier molecular flexibility index (Phi) is 6.00. The third-order valence-electron chi connectivity index (χ3n) is 2.51. The summed E-state index contributed by atoms with van der Waals surface area (Å²) < 4.78 is 13.2. The summed E-state index contributed by atoms with van der Waals surface area (Å²) in [4.78, 5) is 13.1. The lowest BCUT2D eigenvalue weighted by molar-refractivity contribution is -0.121. The van der Waals surface area contributed by atoms with Gasteiger partial charge < -0.3 is 10.4 Å². The molecule has 0 unspecified atom stereocenters. The SMILES string of the molecule is CNC(=O)CN(C)Cc1ccc(F)cc1C#CCO. The molecule has 0 aliphatic carbocycles. The molecule has 0 atom stereocenters. The van der Waals surface area contributed by atoms with Crippen LogP contribution in [0.5, 0.6) is 0 Å². The molecule has 0 bridgehead atoms. The summed E-state index contributed by atoms with van der Waals surface area (Å²) in [6.45, 7) is 0.452. The summed E-state index contributed by atoms with van der Waals surface area (Å²) in [6.07, 6.45) is 0. The molecule has 0 saturated carbocycles. The number of hydrogen-bond acceptors (Lipinski definition) is 3. The minimum Gasteiger partial charge on any atom is -0.384 e. The molecule has 5 heteroatoms. The van der Waals surface area contributed by atoms with E-state index in [1.165, 1.54) is 12.1 Å². The molecular weight excluding hydrogens is 247 g/mol. The first kappa shape index (κ1) is 15.2. The van der Waals surface area contributed by atoms with E-state index in [0.29, 0.717) is 12.1 Å². The average Bonchev–Trinajstić information content (AvgIpc) is 2.38. The lowest BCUT2D eigenvalue weighted by atomic mass is 10.1. The molecule has 0 heterocycles. The van der Waals surface area contributed by atoms with Gasteiger partial charge in [-0.1, -0.05) is 17.9 Å². The van der Waals surface area contributed by atoms with Crippen LogP contribution in [-0.4, -0.2) is 43.2 Å². The maximum absolute atomic E-state index is 13.2. The average molecular weight is 264 g/mol. The Labute approximate surface area is 112 Å². The van der Waals surface area contributed by atoms with Crippen LogP contribution in [-0.2, 0) is 11.3 Å². The molecule has 0 aliphatic rings. The molecule has 0 radical (unpaired) electrons. The first-order valence-electron chi connectivity index (χ1n) is 5.84. The zero-order chi connectivity index (χ0) is 14.3. The molecule has 1 rings (SSSR count). The van der Waals surface area contributed by atoms with Gasteiger partial charge in [0.25, 0.3) is 0 Å². The van der Waals surface area contributed by atoms with Crippen LogP contribution in [0.2, 0.25) is 0 Å². The van der Waals surface area contributed by atoms with Crippen LogP contribution in [0.25, 0.3) is 0 Å². The number of benzene rings is 1. The highest BCUT2D eigenvalue weighted by molar-refractivity contribution is 5.77. The number of amides is 1. The molecule has 1 amide bonds. The highest BCUT2D eigenvalue weighted by atomic mass is 19.1. The van der Waals surface area contributed by atoms with Crippen molar-refractivity contribution in [1.82, 2.24) is 10.2 Å². The Morgan fingerprint density at radius 1 is 1.53 bits per heavy atom. The second-order valence-electron chi connectivity index (χ2n) is 4.11. The standard InChI is InChI=1S/C14H17FN2O2/c1-16-14(19)10-17(2)9-12-5-6-13(15)8-11(12)4-3-7-18/h5-6,8,18H,7,9-10H2,1-2H3,(H,16,19). The van der Waals surface area contributed by atoms with Crippen LogP contribution < -0.4 is 5.32 Å². The Bertz CT molecular complexity index is 506. The first-order valence-corrected chi connectivity index (χ1v) is 5.84. The summed E-state index contributed by atoms with van der Waals surface area (Å²) in [6, 6.07) is 4.32. The van der Waals surface area contributed by atoms with Crippen molar-refractivity contribution in [1.29, 1.82) is 0 Å². The van der Waals surface area contributed by atoms with Gasteiger partial charge in [-0.05, 0) is 24.7 Å². The number of aliphatic hydroxyl groups is 1. The first-order chi connectivity index (χ1) is 9.06. The fourth-order valence-electron chi connectivity index (χ4n) is 1.61. The quantitative estimate of drug-likeness (QED) is 0.771. The largest absolute Gasteiger partial charge is 0.384 e. The number of aliphatic hydroxyl groups excluding tert-OH is 1. The van der Waals surface area contributed by atoms with E-state index in [4.69, 9.17) is 5.11 Å². The molecular formula is C14H17FN2O2. The van der Waals surface area contributed by atoms with Crippen molar-refractivity contribution in [3.8, 4) is 11.8 Å². The van der Waals surface area contributed by atoms with E-state index < -0.39 is 0 Å². The van der Waals surface area contributed by atoms with Gasteiger partial charge in [0.05, 0.1) is 6.54 Å². The predicted molar refractivity (Wildman–Crippen MR) is 70.8 cm³/mol. The molecule has 0 fully saturated rings. The molecule has 1 aromatic carbocycles. The number of likely N-dealkylation sites (N-methyl/N-ethyl adjacent to an activating group) is 2. The maximum Gasteiger partial charge on any atom is 0.233 e. The third-order valence-corrected chi connectivity index (χ3v) is 2.51. The number of carbonyl (C=O) groups excluding carboxylic acids is 1. The Morgan fingerprint density at radius 3 is 2.89 bits per heavy atom. The monoisotopic (exact) mass is 264 g/mol. The van der Waals surface area contributed by atoms with Gasteiger partial charge in [0.1, 0.15) is 12.4 Å². The minimum absolute atomic E-state index is 0.0902. The van der Waals surface area contributed by atoms with Gasteiger partial charge in [0.15, 0.2) is 0 Å². The van der Waals surface area contributed by atoms with Crippen molar-refractivity contribution in [2.75, 3.05) is 27.2 Å². The number of hydrogen-bond donors (Lipinski definition) is 2. The molecule has 1 aromatic rings. The van der Waals surface area contributed by atoms with Crippen molar-refractivity contribution >= 4 is 5.91 Å². The summed E-state index contributed by atoms with van der Waals surface area (Å²) in [7, 11) is 3.37. The molecule has 102 valence electrons. The maximum atomic E-state index is 13.2. The summed E-state index contributed by atoms with van der Waals surface area (Å²) in [5.74, 6) is 4.74. The molecule has 19 heavy (non-hydrogen) atoms. The normalized spacial score (nSPS) is 9.95. The Balaban J connectivity index is 2.85. The molecule has 0 spiro atoms. The fraction of sp³-hybridized carbons (Fsp3) is 0.357. The number of nitrogens with zero attached hydrogens (tertiary/aromatic N) is 1. The van der Waals surface area contributed by atoms with E-state index in [2.05, 4.69) is 17.2 Å². The molecule has 2 N–H and O–H groups in total. The van der Waals surface area contributed by atoms with Crippen LogP contribution in [0.1, 0.15) is 11.1 Å². The number of halogens is 1. The number of carbonyl (C=O) groups is 1. The fourth-order valence-corrected chi connectivity index (χ4v) is 1.61. The highest BCUT2D eigenvalue weighted by Gasteiger charge is 2.08. The van der Waals surface area contributed by atoms with Crippen LogP contribution in [0.4, 0.5) is 4.39 Å². The van der Waals surface area contributed by atoms with E-state index >= 15 is 0 Å². The smallest absolute Gasteiger partial charge is 0.233 e. The van der Waals surface area contributed by atoms with Crippen LogP contribution in [0, 0.1) is 17.7 Å².